The van der Waals surface area contributed by atoms with Crippen LogP contribution in [0.4, 0.5) is 0 Å². The Morgan fingerprint density at radius 2 is 2.06 bits per heavy atom. The first kappa shape index (κ1) is 13.7. The SMILES string of the molecule is COC(=O)C1CCCC2(CCNCC2)O1.Cl. The predicted octanol–water partition coefficient (Wildman–Crippen LogP) is 1.27. The smallest absolute Gasteiger partial charge is 0.334 e. The number of esters is 1. The fourth-order valence-electron chi connectivity index (χ4n) is 2.58. The van der Waals surface area contributed by atoms with E-state index in [1.807, 2.05) is 0 Å². The second kappa shape index (κ2) is 5.84. The van der Waals surface area contributed by atoms with Crippen LogP contribution in [0.3, 0.4) is 0 Å². The number of hydrogen-bond donors (Lipinski definition) is 1. The maximum Gasteiger partial charge on any atom is 0.334 e. The van der Waals surface area contributed by atoms with Gasteiger partial charge in [-0.1, -0.05) is 0 Å². The minimum atomic E-state index is -0.332. The van der Waals surface area contributed by atoms with E-state index in [0.29, 0.717) is 0 Å². The minimum absolute atomic E-state index is 0. The molecule has 2 heterocycles. The first-order chi connectivity index (χ1) is 7.26. The van der Waals surface area contributed by atoms with Gasteiger partial charge in [0.05, 0.1) is 12.7 Å². The van der Waals surface area contributed by atoms with E-state index in [1.165, 1.54) is 7.11 Å². The molecule has 0 radical (unpaired) electrons. The molecule has 0 aliphatic carbocycles. The summed E-state index contributed by atoms with van der Waals surface area (Å²) in [5, 5.41) is 3.32. The highest BCUT2D eigenvalue weighted by molar-refractivity contribution is 5.85. The molecule has 2 rings (SSSR count). The molecule has 0 amide bonds. The van der Waals surface area contributed by atoms with Crippen molar-refractivity contribution < 1.29 is 14.3 Å². The Morgan fingerprint density at radius 1 is 1.38 bits per heavy atom. The van der Waals surface area contributed by atoms with Crippen LogP contribution in [0.2, 0.25) is 0 Å². The van der Waals surface area contributed by atoms with Gasteiger partial charge in [-0.15, -0.1) is 12.4 Å². The van der Waals surface area contributed by atoms with Gasteiger partial charge in [-0.2, -0.15) is 0 Å². The third-order valence-corrected chi connectivity index (χ3v) is 3.47. The lowest BCUT2D eigenvalue weighted by molar-refractivity contribution is -0.182. The van der Waals surface area contributed by atoms with Crippen LogP contribution in [-0.2, 0) is 14.3 Å². The highest BCUT2D eigenvalue weighted by Crippen LogP contribution is 2.35. The van der Waals surface area contributed by atoms with Gasteiger partial charge < -0.3 is 14.8 Å². The minimum Gasteiger partial charge on any atom is -0.467 e. The lowest BCUT2D eigenvalue weighted by atomic mass is 9.84. The predicted molar refractivity (Wildman–Crippen MR) is 62.8 cm³/mol. The molecule has 1 atom stereocenters. The summed E-state index contributed by atoms with van der Waals surface area (Å²) < 4.78 is 10.7. The number of carbonyl (C=O) groups excluding carboxylic acids is 1. The zero-order chi connectivity index (χ0) is 10.7. The van der Waals surface area contributed by atoms with Crippen molar-refractivity contribution in [1.29, 1.82) is 0 Å². The van der Waals surface area contributed by atoms with E-state index in [4.69, 9.17) is 9.47 Å². The Labute approximate surface area is 102 Å². The van der Waals surface area contributed by atoms with E-state index in [1.54, 1.807) is 0 Å². The average Bonchev–Trinajstić information content (AvgIpc) is 2.29. The van der Waals surface area contributed by atoms with Gasteiger partial charge in [0.25, 0.3) is 0 Å². The Hall–Kier alpha value is -0.320. The van der Waals surface area contributed by atoms with Crippen LogP contribution in [0.1, 0.15) is 32.1 Å². The number of ether oxygens (including phenoxy) is 2. The average molecular weight is 250 g/mol. The Kier molecular flexibility index (Phi) is 5.02. The van der Waals surface area contributed by atoms with E-state index in [2.05, 4.69) is 5.32 Å². The van der Waals surface area contributed by atoms with Gasteiger partial charge in [0.15, 0.2) is 6.10 Å². The lowest BCUT2D eigenvalue weighted by Gasteiger charge is -2.43. The molecule has 2 saturated heterocycles. The summed E-state index contributed by atoms with van der Waals surface area (Å²) in [6.45, 7) is 1.99. The molecule has 94 valence electrons. The summed E-state index contributed by atoms with van der Waals surface area (Å²) in [7, 11) is 1.43. The summed E-state index contributed by atoms with van der Waals surface area (Å²) >= 11 is 0. The molecule has 16 heavy (non-hydrogen) atoms. The highest BCUT2D eigenvalue weighted by Gasteiger charge is 2.40. The number of hydrogen-bond acceptors (Lipinski definition) is 4. The number of carbonyl (C=O) groups is 1. The van der Waals surface area contributed by atoms with Crippen LogP contribution < -0.4 is 5.32 Å². The monoisotopic (exact) mass is 249 g/mol. The maximum atomic E-state index is 11.4. The number of rotatable bonds is 1. The van der Waals surface area contributed by atoms with Crippen molar-refractivity contribution in [3.05, 3.63) is 0 Å². The van der Waals surface area contributed by atoms with Crippen molar-refractivity contribution >= 4 is 18.4 Å². The fourth-order valence-corrected chi connectivity index (χ4v) is 2.58. The lowest BCUT2D eigenvalue weighted by Crippen LogP contribution is -2.50. The molecular weight excluding hydrogens is 230 g/mol. The normalized spacial score (nSPS) is 28.2. The van der Waals surface area contributed by atoms with Crippen LogP contribution in [0.15, 0.2) is 0 Å². The molecule has 1 unspecified atom stereocenters. The van der Waals surface area contributed by atoms with Crippen molar-refractivity contribution in [3.63, 3.8) is 0 Å². The fraction of sp³-hybridized carbons (Fsp3) is 0.909. The van der Waals surface area contributed by atoms with Gasteiger partial charge in [-0.05, 0) is 45.2 Å². The molecular formula is C11H20ClNO3. The van der Waals surface area contributed by atoms with Gasteiger partial charge in [-0.25, -0.2) is 4.79 Å². The topological polar surface area (TPSA) is 47.6 Å². The molecule has 1 spiro atoms. The molecule has 4 nitrogen and oxygen atoms in total. The number of methoxy groups -OCH3 is 1. The highest BCUT2D eigenvalue weighted by atomic mass is 35.5. The van der Waals surface area contributed by atoms with Crippen molar-refractivity contribution in [2.45, 2.75) is 43.8 Å². The quantitative estimate of drug-likeness (QED) is 0.711. The van der Waals surface area contributed by atoms with Crippen LogP contribution in [0.25, 0.3) is 0 Å². The number of nitrogens with one attached hydrogen (secondary N) is 1. The molecule has 2 aliphatic rings. The zero-order valence-corrected chi connectivity index (χ0v) is 10.5. The molecule has 0 aromatic carbocycles. The van der Waals surface area contributed by atoms with Crippen LogP contribution >= 0.6 is 12.4 Å². The zero-order valence-electron chi connectivity index (χ0n) is 9.66. The third-order valence-electron chi connectivity index (χ3n) is 3.47. The van der Waals surface area contributed by atoms with E-state index in [9.17, 15) is 4.79 Å². The summed E-state index contributed by atoms with van der Waals surface area (Å²) in [6, 6.07) is 0. The first-order valence-corrected chi connectivity index (χ1v) is 5.72. The van der Waals surface area contributed by atoms with Crippen LogP contribution in [0.5, 0.6) is 0 Å². The first-order valence-electron chi connectivity index (χ1n) is 5.72. The van der Waals surface area contributed by atoms with Crippen molar-refractivity contribution in [1.82, 2.24) is 5.32 Å². The Morgan fingerprint density at radius 3 is 2.69 bits per heavy atom. The Bertz CT molecular complexity index is 236. The molecule has 0 bridgehead atoms. The van der Waals surface area contributed by atoms with Gasteiger partial charge in [0, 0.05) is 0 Å². The van der Waals surface area contributed by atoms with Crippen LogP contribution in [0, 0.1) is 0 Å². The van der Waals surface area contributed by atoms with E-state index < -0.39 is 0 Å². The molecule has 0 aromatic rings. The number of piperidine rings is 1. The second-order valence-corrected chi connectivity index (χ2v) is 4.45. The summed E-state index contributed by atoms with van der Waals surface area (Å²) in [5.41, 5.74) is -0.0532. The second-order valence-electron chi connectivity index (χ2n) is 4.45. The van der Waals surface area contributed by atoms with Crippen molar-refractivity contribution in [3.8, 4) is 0 Å². The van der Waals surface area contributed by atoms with Crippen LogP contribution in [-0.4, -0.2) is 37.9 Å². The van der Waals surface area contributed by atoms with Gasteiger partial charge in [-0.3, -0.25) is 0 Å². The summed E-state index contributed by atoms with van der Waals surface area (Å²) in [5.74, 6) is -0.215. The van der Waals surface area contributed by atoms with Gasteiger partial charge in [0.1, 0.15) is 0 Å². The van der Waals surface area contributed by atoms with Crippen molar-refractivity contribution in [2.75, 3.05) is 20.2 Å². The molecule has 1 N–H and O–H groups in total. The maximum absolute atomic E-state index is 11.4. The molecule has 2 fully saturated rings. The molecule has 5 heteroatoms. The number of halogens is 1. The van der Waals surface area contributed by atoms with Crippen molar-refractivity contribution in [2.24, 2.45) is 0 Å². The molecule has 2 aliphatic heterocycles. The van der Waals surface area contributed by atoms with E-state index in [0.717, 1.165) is 45.2 Å². The van der Waals surface area contributed by atoms with Gasteiger partial charge >= 0.3 is 5.97 Å². The van der Waals surface area contributed by atoms with E-state index in [-0.39, 0.29) is 30.1 Å². The standard InChI is InChI=1S/C11H19NO3.ClH/c1-14-10(13)9-3-2-4-11(15-9)5-7-12-8-6-11;/h9,12H,2-8H2,1H3;1H. The van der Waals surface area contributed by atoms with Gasteiger partial charge in [0.2, 0.25) is 0 Å². The molecule has 0 saturated carbocycles. The Balaban J connectivity index is 0.00000128. The largest absolute Gasteiger partial charge is 0.467 e. The third kappa shape index (κ3) is 2.87. The molecule has 0 aromatic heterocycles. The summed E-state index contributed by atoms with van der Waals surface area (Å²) in [4.78, 5) is 11.4. The van der Waals surface area contributed by atoms with E-state index >= 15 is 0 Å². The summed E-state index contributed by atoms with van der Waals surface area (Å²) in [6.07, 6.45) is 4.66.